The molecule has 1 aromatic heterocycles. The summed E-state index contributed by atoms with van der Waals surface area (Å²) in [5, 5.41) is 0.672. The molecule has 0 aliphatic carbocycles. The van der Waals surface area contributed by atoms with Gasteiger partial charge in [0.15, 0.2) is 11.5 Å². The van der Waals surface area contributed by atoms with Crippen molar-refractivity contribution in [2.75, 3.05) is 6.61 Å². The highest BCUT2D eigenvalue weighted by Crippen LogP contribution is 2.28. The summed E-state index contributed by atoms with van der Waals surface area (Å²) in [6.45, 7) is 2.59. The summed E-state index contributed by atoms with van der Waals surface area (Å²) in [4.78, 5) is 12.2. The molecule has 0 spiro atoms. The third kappa shape index (κ3) is 2.48. The molecule has 20 heavy (non-hydrogen) atoms. The van der Waals surface area contributed by atoms with Crippen molar-refractivity contribution >= 4 is 16.8 Å². The van der Waals surface area contributed by atoms with Crippen molar-refractivity contribution in [3.8, 4) is 0 Å². The fourth-order valence-corrected chi connectivity index (χ4v) is 2.74. The van der Waals surface area contributed by atoms with Crippen LogP contribution in [0.2, 0.25) is 0 Å². The third-order valence-electron chi connectivity index (χ3n) is 3.87. The molecular formula is C16H17FO3. The monoisotopic (exact) mass is 276 g/mol. The number of furan rings is 1. The quantitative estimate of drug-likeness (QED) is 0.792. The zero-order chi connectivity index (χ0) is 14.1. The Balaban J connectivity index is 1.78. The first kappa shape index (κ1) is 13.3. The largest absolute Gasteiger partial charge is 0.453 e. The molecule has 1 saturated heterocycles. The maximum absolute atomic E-state index is 13.2. The van der Waals surface area contributed by atoms with Crippen LogP contribution in [0.15, 0.2) is 22.6 Å². The van der Waals surface area contributed by atoms with Crippen LogP contribution in [-0.4, -0.2) is 18.5 Å². The number of halogens is 1. The summed E-state index contributed by atoms with van der Waals surface area (Å²) in [7, 11) is 0. The SMILES string of the molecule is Cc1c(C(=O)CCC2CCCO2)oc2ccc(F)cc12. The molecule has 1 unspecified atom stereocenters. The van der Waals surface area contributed by atoms with Crippen LogP contribution in [0.5, 0.6) is 0 Å². The van der Waals surface area contributed by atoms with E-state index >= 15 is 0 Å². The van der Waals surface area contributed by atoms with E-state index < -0.39 is 0 Å². The number of ether oxygens (including phenoxy) is 1. The fraction of sp³-hybridized carbons (Fsp3) is 0.438. The van der Waals surface area contributed by atoms with E-state index in [2.05, 4.69) is 0 Å². The van der Waals surface area contributed by atoms with Crippen LogP contribution < -0.4 is 0 Å². The van der Waals surface area contributed by atoms with Gasteiger partial charge in [-0.05, 0) is 44.4 Å². The maximum atomic E-state index is 13.2. The minimum atomic E-state index is -0.320. The van der Waals surface area contributed by atoms with Crippen LogP contribution >= 0.6 is 0 Å². The van der Waals surface area contributed by atoms with Crippen LogP contribution in [0.4, 0.5) is 4.39 Å². The van der Waals surface area contributed by atoms with E-state index in [1.165, 1.54) is 12.1 Å². The Morgan fingerprint density at radius 1 is 1.45 bits per heavy atom. The van der Waals surface area contributed by atoms with Gasteiger partial charge in [0.1, 0.15) is 11.4 Å². The second kappa shape index (κ2) is 5.37. The van der Waals surface area contributed by atoms with E-state index in [-0.39, 0.29) is 17.7 Å². The van der Waals surface area contributed by atoms with Crippen molar-refractivity contribution in [2.24, 2.45) is 0 Å². The summed E-state index contributed by atoms with van der Waals surface area (Å²) >= 11 is 0. The van der Waals surface area contributed by atoms with Gasteiger partial charge < -0.3 is 9.15 Å². The molecule has 2 heterocycles. The zero-order valence-corrected chi connectivity index (χ0v) is 11.4. The Kier molecular flexibility index (Phi) is 3.57. The van der Waals surface area contributed by atoms with E-state index in [1.54, 1.807) is 13.0 Å². The van der Waals surface area contributed by atoms with Gasteiger partial charge in [-0.25, -0.2) is 4.39 Å². The highest BCUT2D eigenvalue weighted by atomic mass is 19.1. The number of hydrogen-bond acceptors (Lipinski definition) is 3. The molecule has 106 valence electrons. The van der Waals surface area contributed by atoms with Crippen molar-refractivity contribution in [3.63, 3.8) is 0 Å². The molecule has 0 amide bonds. The maximum Gasteiger partial charge on any atom is 0.198 e. The molecular weight excluding hydrogens is 259 g/mol. The molecule has 1 atom stereocenters. The topological polar surface area (TPSA) is 39.4 Å². The van der Waals surface area contributed by atoms with Gasteiger partial charge in [-0.15, -0.1) is 0 Å². The van der Waals surface area contributed by atoms with Crippen LogP contribution in [0.3, 0.4) is 0 Å². The van der Waals surface area contributed by atoms with Crippen LogP contribution in [-0.2, 0) is 4.74 Å². The summed E-state index contributed by atoms with van der Waals surface area (Å²) in [6.07, 6.45) is 3.43. The van der Waals surface area contributed by atoms with E-state index in [0.717, 1.165) is 31.4 Å². The number of aryl methyl sites for hydroxylation is 1. The molecule has 1 aliphatic heterocycles. The lowest BCUT2D eigenvalue weighted by atomic mass is 10.0. The number of rotatable bonds is 4. The highest BCUT2D eigenvalue weighted by Gasteiger charge is 2.21. The Morgan fingerprint density at radius 3 is 3.05 bits per heavy atom. The smallest absolute Gasteiger partial charge is 0.198 e. The lowest BCUT2D eigenvalue weighted by molar-refractivity contribution is 0.0841. The molecule has 0 saturated carbocycles. The number of carbonyl (C=O) groups is 1. The Bertz CT molecular complexity index is 638. The molecule has 0 N–H and O–H groups in total. The van der Waals surface area contributed by atoms with Gasteiger partial charge in [0.2, 0.25) is 0 Å². The van der Waals surface area contributed by atoms with Gasteiger partial charge >= 0.3 is 0 Å². The molecule has 1 fully saturated rings. The van der Waals surface area contributed by atoms with Gasteiger partial charge in [0, 0.05) is 24.0 Å². The van der Waals surface area contributed by atoms with E-state index in [0.29, 0.717) is 23.2 Å². The van der Waals surface area contributed by atoms with Crippen molar-refractivity contribution in [1.82, 2.24) is 0 Å². The first-order chi connectivity index (χ1) is 9.65. The standard InChI is InChI=1S/C16H17FO3/c1-10-13-9-11(17)4-7-15(13)20-16(10)14(18)6-5-12-3-2-8-19-12/h4,7,9,12H,2-3,5-6,8H2,1H3. The average Bonchev–Trinajstić information content (AvgIpc) is 3.05. The predicted molar refractivity (Wildman–Crippen MR) is 73.4 cm³/mol. The first-order valence-electron chi connectivity index (χ1n) is 6.98. The van der Waals surface area contributed by atoms with Crippen molar-refractivity contribution in [2.45, 2.75) is 38.7 Å². The molecule has 3 rings (SSSR count). The molecule has 1 aliphatic rings. The first-order valence-corrected chi connectivity index (χ1v) is 6.98. The normalized spacial score (nSPS) is 18.8. The molecule has 1 aromatic carbocycles. The number of benzene rings is 1. The second-order valence-corrected chi connectivity index (χ2v) is 5.29. The third-order valence-corrected chi connectivity index (χ3v) is 3.87. The minimum absolute atomic E-state index is 0.0328. The Hall–Kier alpha value is -1.68. The Morgan fingerprint density at radius 2 is 2.30 bits per heavy atom. The van der Waals surface area contributed by atoms with Gasteiger partial charge in [-0.2, -0.15) is 0 Å². The molecule has 4 heteroatoms. The highest BCUT2D eigenvalue weighted by molar-refractivity contribution is 6.00. The second-order valence-electron chi connectivity index (χ2n) is 5.29. The van der Waals surface area contributed by atoms with Gasteiger partial charge in [0.25, 0.3) is 0 Å². The molecule has 0 bridgehead atoms. The van der Waals surface area contributed by atoms with E-state index in [9.17, 15) is 9.18 Å². The van der Waals surface area contributed by atoms with Gasteiger partial charge in [-0.1, -0.05) is 0 Å². The summed E-state index contributed by atoms with van der Waals surface area (Å²) in [5.74, 6) is -0.00189. The summed E-state index contributed by atoms with van der Waals surface area (Å²) < 4.78 is 24.3. The van der Waals surface area contributed by atoms with Gasteiger partial charge in [-0.3, -0.25) is 4.79 Å². The zero-order valence-electron chi connectivity index (χ0n) is 11.4. The minimum Gasteiger partial charge on any atom is -0.453 e. The van der Waals surface area contributed by atoms with Crippen molar-refractivity contribution in [1.29, 1.82) is 0 Å². The summed E-state index contributed by atoms with van der Waals surface area (Å²) in [5.41, 5.74) is 1.28. The van der Waals surface area contributed by atoms with Gasteiger partial charge in [0.05, 0.1) is 6.10 Å². The van der Waals surface area contributed by atoms with E-state index in [1.807, 2.05) is 0 Å². The number of hydrogen-bond donors (Lipinski definition) is 0. The average molecular weight is 276 g/mol. The predicted octanol–water partition coefficient (Wildman–Crippen LogP) is 4.02. The van der Waals surface area contributed by atoms with Crippen LogP contribution in [0.1, 0.15) is 41.8 Å². The lowest BCUT2D eigenvalue weighted by Crippen LogP contribution is -2.09. The van der Waals surface area contributed by atoms with Crippen LogP contribution in [0.25, 0.3) is 11.0 Å². The molecule has 0 radical (unpaired) electrons. The van der Waals surface area contributed by atoms with Crippen LogP contribution in [0, 0.1) is 12.7 Å². The number of ketones is 1. The number of Topliss-reactive ketones (excluding diaryl/α,β-unsaturated/α-hetero) is 1. The van der Waals surface area contributed by atoms with Crippen molar-refractivity contribution < 1.29 is 18.3 Å². The number of carbonyl (C=O) groups excluding carboxylic acids is 1. The fourth-order valence-electron chi connectivity index (χ4n) is 2.74. The molecule has 2 aromatic rings. The lowest BCUT2D eigenvalue weighted by Gasteiger charge is -2.07. The molecule has 3 nitrogen and oxygen atoms in total. The number of fused-ring (bicyclic) bond motifs is 1. The van der Waals surface area contributed by atoms with Crippen molar-refractivity contribution in [3.05, 3.63) is 35.3 Å². The Labute approximate surface area is 116 Å². The summed E-state index contributed by atoms with van der Waals surface area (Å²) in [6, 6.07) is 4.31. The van der Waals surface area contributed by atoms with E-state index in [4.69, 9.17) is 9.15 Å².